The van der Waals surface area contributed by atoms with Crippen molar-refractivity contribution in [2.45, 2.75) is 13.0 Å². The van der Waals surface area contributed by atoms with Gasteiger partial charge in [0.15, 0.2) is 0 Å². The molecule has 1 atom stereocenters. The summed E-state index contributed by atoms with van der Waals surface area (Å²) in [5.41, 5.74) is 1.53. The normalized spacial score (nSPS) is 12.2. The number of carbonyl (C=O) groups is 1. The number of aliphatic hydroxyl groups excluding tert-OH is 1. The van der Waals surface area contributed by atoms with E-state index >= 15 is 0 Å². The summed E-state index contributed by atoms with van der Waals surface area (Å²) < 4.78 is 4.89. The number of benzene rings is 1. The standard InChI is InChI=1S/C12H17NO3/c1-9-5-3-4-6-11(9)12(15)13-10(7-14)8-16-2/h3-6,10,14H,7-8H2,1-2H3,(H,13,15). The summed E-state index contributed by atoms with van der Waals surface area (Å²) in [5.74, 6) is -0.186. The van der Waals surface area contributed by atoms with Crippen molar-refractivity contribution < 1.29 is 14.6 Å². The van der Waals surface area contributed by atoms with Crippen LogP contribution in [0.15, 0.2) is 24.3 Å². The van der Waals surface area contributed by atoms with Crippen molar-refractivity contribution in [1.29, 1.82) is 0 Å². The lowest BCUT2D eigenvalue weighted by Crippen LogP contribution is -2.40. The van der Waals surface area contributed by atoms with E-state index in [1.165, 1.54) is 7.11 Å². The second-order valence-corrected chi connectivity index (χ2v) is 3.62. The van der Waals surface area contributed by atoms with Crippen LogP contribution in [0.3, 0.4) is 0 Å². The van der Waals surface area contributed by atoms with Crippen LogP contribution >= 0.6 is 0 Å². The molecule has 0 radical (unpaired) electrons. The zero-order valence-electron chi connectivity index (χ0n) is 9.56. The Bertz CT molecular complexity index is 352. The van der Waals surface area contributed by atoms with Crippen LogP contribution in [0.5, 0.6) is 0 Å². The van der Waals surface area contributed by atoms with Gasteiger partial charge in [-0.05, 0) is 18.6 Å². The van der Waals surface area contributed by atoms with Crippen molar-refractivity contribution in [2.24, 2.45) is 0 Å². The number of amides is 1. The Morgan fingerprint density at radius 3 is 2.75 bits per heavy atom. The van der Waals surface area contributed by atoms with Gasteiger partial charge in [-0.15, -0.1) is 0 Å². The molecular weight excluding hydrogens is 206 g/mol. The van der Waals surface area contributed by atoms with Gasteiger partial charge < -0.3 is 15.2 Å². The number of hydrogen-bond acceptors (Lipinski definition) is 3. The first-order chi connectivity index (χ1) is 7.69. The Morgan fingerprint density at radius 2 is 2.19 bits per heavy atom. The fourth-order valence-corrected chi connectivity index (χ4v) is 1.43. The molecule has 16 heavy (non-hydrogen) atoms. The molecule has 1 rings (SSSR count). The van der Waals surface area contributed by atoms with Gasteiger partial charge in [-0.2, -0.15) is 0 Å². The van der Waals surface area contributed by atoms with Crippen LogP contribution in [0, 0.1) is 6.92 Å². The predicted octanol–water partition coefficient (Wildman–Crippen LogP) is 0.732. The molecule has 0 saturated carbocycles. The topological polar surface area (TPSA) is 58.6 Å². The van der Waals surface area contributed by atoms with Gasteiger partial charge in [0.25, 0.3) is 5.91 Å². The van der Waals surface area contributed by atoms with E-state index < -0.39 is 0 Å². The third-order valence-corrected chi connectivity index (χ3v) is 2.31. The maximum atomic E-state index is 11.8. The molecule has 0 aliphatic heterocycles. The monoisotopic (exact) mass is 223 g/mol. The molecule has 0 aliphatic carbocycles. The minimum absolute atomic E-state index is 0.133. The molecule has 1 aromatic rings. The molecule has 0 bridgehead atoms. The summed E-state index contributed by atoms with van der Waals surface area (Å²) >= 11 is 0. The highest BCUT2D eigenvalue weighted by Crippen LogP contribution is 2.06. The summed E-state index contributed by atoms with van der Waals surface area (Å²) in [4.78, 5) is 11.8. The summed E-state index contributed by atoms with van der Waals surface area (Å²) in [5, 5.41) is 11.7. The van der Waals surface area contributed by atoms with Crippen LogP contribution < -0.4 is 5.32 Å². The Labute approximate surface area is 95.2 Å². The van der Waals surface area contributed by atoms with Crippen LogP contribution in [0.2, 0.25) is 0 Å². The maximum Gasteiger partial charge on any atom is 0.251 e. The van der Waals surface area contributed by atoms with Gasteiger partial charge in [0.1, 0.15) is 0 Å². The Kier molecular flexibility index (Phi) is 4.95. The molecular formula is C12H17NO3. The van der Waals surface area contributed by atoms with E-state index in [4.69, 9.17) is 9.84 Å². The smallest absolute Gasteiger partial charge is 0.251 e. The Hall–Kier alpha value is -1.39. The van der Waals surface area contributed by atoms with Crippen LogP contribution in [0.25, 0.3) is 0 Å². The minimum Gasteiger partial charge on any atom is -0.394 e. The number of rotatable bonds is 5. The summed E-state index contributed by atoms with van der Waals surface area (Å²) in [6.07, 6.45) is 0. The van der Waals surface area contributed by atoms with Crippen LogP contribution in [0.1, 0.15) is 15.9 Å². The molecule has 2 N–H and O–H groups in total. The molecule has 0 aromatic heterocycles. The number of hydrogen-bond donors (Lipinski definition) is 2. The zero-order chi connectivity index (χ0) is 12.0. The third kappa shape index (κ3) is 3.32. The first-order valence-electron chi connectivity index (χ1n) is 5.15. The number of aliphatic hydroxyl groups is 1. The molecule has 1 unspecified atom stereocenters. The lowest BCUT2D eigenvalue weighted by molar-refractivity contribution is 0.0839. The Balaban J connectivity index is 2.68. The van der Waals surface area contributed by atoms with E-state index in [0.29, 0.717) is 12.2 Å². The quantitative estimate of drug-likeness (QED) is 0.773. The van der Waals surface area contributed by atoms with Crippen LogP contribution in [-0.2, 0) is 4.74 Å². The third-order valence-electron chi connectivity index (χ3n) is 2.31. The second-order valence-electron chi connectivity index (χ2n) is 3.62. The van der Waals surface area contributed by atoms with Crippen molar-refractivity contribution in [3.63, 3.8) is 0 Å². The number of ether oxygens (including phenoxy) is 1. The Morgan fingerprint density at radius 1 is 1.50 bits per heavy atom. The molecule has 0 heterocycles. The van der Waals surface area contributed by atoms with Gasteiger partial charge in [-0.1, -0.05) is 18.2 Å². The highest BCUT2D eigenvalue weighted by Gasteiger charge is 2.13. The van der Waals surface area contributed by atoms with Crippen molar-refractivity contribution in [3.05, 3.63) is 35.4 Å². The lowest BCUT2D eigenvalue weighted by Gasteiger charge is -2.15. The molecule has 88 valence electrons. The van der Waals surface area contributed by atoms with Gasteiger partial charge in [-0.25, -0.2) is 0 Å². The number of methoxy groups -OCH3 is 1. The summed E-state index contributed by atoms with van der Waals surface area (Å²) in [7, 11) is 1.53. The zero-order valence-corrected chi connectivity index (χ0v) is 9.56. The van der Waals surface area contributed by atoms with Gasteiger partial charge >= 0.3 is 0 Å². The number of aryl methyl sites for hydroxylation is 1. The molecule has 0 aliphatic rings. The molecule has 0 fully saturated rings. The average Bonchev–Trinajstić information content (AvgIpc) is 2.28. The van der Waals surface area contributed by atoms with E-state index in [9.17, 15) is 4.79 Å². The highest BCUT2D eigenvalue weighted by atomic mass is 16.5. The lowest BCUT2D eigenvalue weighted by atomic mass is 10.1. The van der Waals surface area contributed by atoms with Crippen LogP contribution in [-0.4, -0.2) is 37.4 Å². The van der Waals surface area contributed by atoms with E-state index in [1.54, 1.807) is 6.07 Å². The van der Waals surface area contributed by atoms with Gasteiger partial charge in [0.2, 0.25) is 0 Å². The second kappa shape index (κ2) is 6.25. The first kappa shape index (κ1) is 12.7. The minimum atomic E-state index is -0.364. The van der Waals surface area contributed by atoms with Crippen molar-refractivity contribution in [3.8, 4) is 0 Å². The van der Waals surface area contributed by atoms with Crippen LogP contribution in [0.4, 0.5) is 0 Å². The van der Waals surface area contributed by atoms with E-state index in [1.807, 2.05) is 25.1 Å². The van der Waals surface area contributed by atoms with Gasteiger partial charge in [0, 0.05) is 12.7 Å². The van der Waals surface area contributed by atoms with Gasteiger partial charge in [-0.3, -0.25) is 4.79 Å². The SMILES string of the molecule is COCC(CO)NC(=O)c1ccccc1C. The maximum absolute atomic E-state index is 11.8. The van der Waals surface area contributed by atoms with Gasteiger partial charge in [0.05, 0.1) is 19.3 Å². The average molecular weight is 223 g/mol. The number of carbonyl (C=O) groups excluding carboxylic acids is 1. The fraction of sp³-hybridized carbons (Fsp3) is 0.417. The highest BCUT2D eigenvalue weighted by molar-refractivity contribution is 5.95. The first-order valence-corrected chi connectivity index (χ1v) is 5.15. The van der Waals surface area contributed by atoms with Crippen molar-refractivity contribution in [2.75, 3.05) is 20.3 Å². The predicted molar refractivity (Wildman–Crippen MR) is 61.4 cm³/mol. The summed E-state index contributed by atoms with van der Waals surface area (Å²) in [6, 6.07) is 6.96. The van der Waals surface area contributed by atoms with E-state index in [0.717, 1.165) is 5.56 Å². The van der Waals surface area contributed by atoms with Crippen molar-refractivity contribution >= 4 is 5.91 Å². The summed E-state index contributed by atoms with van der Waals surface area (Å²) in [6.45, 7) is 2.04. The molecule has 4 nitrogen and oxygen atoms in total. The molecule has 0 spiro atoms. The molecule has 1 amide bonds. The number of nitrogens with one attached hydrogen (secondary N) is 1. The van der Waals surface area contributed by atoms with E-state index in [-0.39, 0.29) is 18.6 Å². The van der Waals surface area contributed by atoms with E-state index in [2.05, 4.69) is 5.32 Å². The largest absolute Gasteiger partial charge is 0.394 e. The molecule has 0 saturated heterocycles. The fourth-order valence-electron chi connectivity index (χ4n) is 1.43. The molecule has 1 aromatic carbocycles. The van der Waals surface area contributed by atoms with Crippen molar-refractivity contribution in [1.82, 2.24) is 5.32 Å². The molecule has 4 heteroatoms.